The molecular formula is C30H27N2O+. The number of pyridine rings is 1. The molecule has 0 atom stereocenters. The summed E-state index contributed by atoms with van der Waals surface area (Å²) in [6.45, 7) is 6.73. The molecule has 0 saturated carbocycles. The van der Waals surface area contributed by atoms with Crippen LogP contribution in [0.2, 0.25) is 0 Å². The largest absolute Gasteiger partial charge is 0.454 e. The number of rotatable bonds is 2. The number of allylic oxidation sites excluding steroid dienone is 4. The lowest BCUT2D eigenvalue weighted by molar-refractivity contribution is -0.660. The van der Waals surface area contributed by atoms with Crippen LogP contribution in [0.1, 0.15) is 49.8 Å². The first-order chi connectivity index (χ1) is 15.9. The third kappa shape index (κ3) is 2.70. The van der Waals surface area contributed by atoms with Gasteiger partial charge in [-0.05, 0) is 61.1 Å². The number of aryl methyl sites for hydroxylation is 2. The van der Waals surface area contributed by atoms with Crippen LogP contribution in [0.15, 0.2) is 70.3 Å². The molecule has 3 nitrogen and oxygen atoms in total. The molecule has 4 aromatic rings. The Morgan fingerprint density at radius 3 is 2.45 bits per heavy atom. The van der Waals surface area contributed by atoms with Crippen LogP contribution < -0.4 is 4.57 Å². The molecular weight excluding hydrogens is 404 g/mol. The summed E-state index contributed by atoms with van der Waals surface area (Å²) >= 11 is 0. The summed E-state index contributed by atoms with van der Waals surface area (Å²) in [5, 5.41) is 12.2. The maximum Gasteiger partial charge on any atom is 0.216 e. The zero-order valence-corrected chi connectivity index (χ0v) is 19.6. The highest BCUT2D eigenvalue weighted by atomic mass is 16.3. The smallest absolute Gasteiger partial charge is 0.216 e. The number of benzene rings is 2. The lowest BCUT2D eigenvalue weighted by Crippen LogP contribution is -2.30. The van der Waals surface area contributed by atoms with Crippen molar-refractivity contribution in [2.45, 2.75) is 40.0 Å². The fourth-order valence-electron chi connectivity index (χ4n) is 6.01. The number of fused-ring (bicyclic) bond motifs is 3. The van der Waals surface area contributed by atoms with Gasteiger partial charge < -0.3 is 4.42 Å². The maximum absolute atomic E-state index is 10.1. The van der Waals surface area contributed by atoms with E-state index in [0.29, 0.717) is 5.56 Å². The fraction of sp³-hybridized carbons (Fsp3) is 0.267. The Morgan fingerprint density at radius 1 is 0.970 bits per heavy atom. The Hall–Kier alpha value is -3.64. The van der Waals surface area contributed by atoms with Crippen molar-refractivity contribution in [2.75, 3.05) is 0 Å². The third-order valence-electron chi connectivity index (χ3n) is 7.73. The van der Waals surface area contributed by atoms with E-state index < -0.39 is 0 Å². The number of nitriles is 1. The standard InChI is InChI=1S/C30H27N2O/c1-18-11-13-21-22-14-12-20(17-31)27(24-16-19-8-7-9-23(19)30(24,2)3)29(22)33-28(21)26(18)25-10-5-6-15-32(25)4/h5-6,10-16H,7-9H2,1-4H3/q+1. The van der Waals surface area contributed by atoms with E-state index in [0.717, 1.165) is 51.6 Å². The van der Waals surface area contributed by atoms with Gasteiger partial charge in [-0.25, -0.2) is 4.57 Å². The molecule has 3 heteroatoms. The second kappa shape index (κ2) is 6.93. The molecule has 2 aromatic carbocycles. The van der Waals surface area contributed by atoms with Crippen LogP contribution in [0.4, 0.5) is 0 Å². The normalized spacial score (nSPS) is 17.0. The van der Waals surface area contributed by atoms with Gasteiger partial charge >= 0.3 is 0 Å². The lowest BCUT2D eigenvalue weighted by atomic mass is 9.75. The van der Waals surface area contributed by atoms with Crippen LogP contribution in [0.25, 0.3) is 38.8 Å². The lowest BCUT2D eigenvalue weighted by Gasteiger charge is -2.27. The summed E-state index contributed by atoms with van der Waals surface area (Å²) in [7, 11) is 2.06. The third-order valence-corrected chi connectivity index (χ3v) is 7.73. The molecule has 0 aliphatic heterocycles. The number of hydrogen-bond donors (Lipinski definition) is 0. The number of hydrogen-bond acceptors (Lipinski definition) is 2. The Labute approximate surface area is 194 Å². The van der Waals surface area contributed by atoms with Gasteiger partial charge in [-0.3, -0.25) is 0 Å². The van der Waals surface area contributed by atoms with Gasteiger partial charge in [0.1, 0.15) is 18.2 Å². The summed E-state index contributed by atoms with van der Waals surface area (Å²) in [5.74, 6) is 0. The van der Waals surface area contributed by atoms with Gasteiger partial charge in [0.25, 0.3) is 0 Å². The van der Waals surface area contributed by atoms with E-state index in [1.54, 1.807) is 0 Å². The Morgan fingerprint density at radius 2 is 1.73 bits per heavy atom. The Kier molecular flexibility index (Phi) is 4.20. The molecule has 0 unspecified atom stereocenters. The van der Waals surface area contributed by atoms with E-state index in [2.05, 4.69) is 81.1 Å². The number of aromatic nitrogens is 1. The summed E-state index contributed by atoms with van der Waals surface area (Å²) in [5.41, 5.74) is 10.9. The highest BCUT2D eigenvalue weighted by Crippen LogP contribution is 2.55. The molecule has 0 bridgehead atoms. The predicted molar refractivity (Wildman–Crippen MR) is 132 cm³/mol. The molecule has 2 heterocycles. The molecule has 0 amide bonds. The monoisotopic (exact) mass is 431 g/mol. The maximum atomic E-state index is 10.1. The second-order valence-electron chi connectivity index (χ2n) is 9.95. The van der Waals surface area contributed by atoms with E-state index in [9.17, 15) is 5.26 Å². The SMILES string of the molecule is Cc1ccc2c(oc3c(C4=CC5=C(CCC5)C4(C)C)c(C#N)ccc32)c1-c1cccc[n+]1C. The fourth-order valence-corrected chi connectivity index (χ4v) is 6.01. The topological polar surface area (TPSA) is 40.8 Å². The Bertz CT molecular complexity index is 1590. The van der Waals surface area contributed by atoms with E-state index >= 15 is 0 Å². The first kappa shape index (κ1) is 20.0. The molecule has 33 heavy (non-hydrogen) atoms. The minimum Gasteiger partial charge on any atom is -0.454 e. The van der Waals surface area contributed by atoms with Gasteiger partial charge in [0.05, 0.1) is 17.2 Å². The van der Waals surface area contributed by atoms with Crippen molar-refractivity contribution in [3.63, 3.8) is 0 Å². The van der Waals surface area contributed by atoms with Crippen molar-refractivity contribution in [3.8, 4) is 17.3 Å². The van der Waals surface area contributed by atoms with Crippen molar-refractivity contribution in [1.29, 1.82) is 5.26 Å². The van der Waals surface area contributed by atoms with E-state index in [4.69, 9.17) is 4.42 Å². The van der Waals surface area contributed by atoms with E-state index in [1.807, 2.05) is 12.1 Å². The van der Waals surface area contributed by atoms with Gasteiger partial charge in [0.2, 0.25) is 5.69 Å². The molecule has 162 valence electrons. The number of nitrogens with zero attached hydrogens (tertiary/aromatic N) is 2. The molecule has 2 aliphatic carbocycles. The predicted octanol–water partition coefficient (Wildman–Crippen LogP) is 7.16. The van der Waals surface area contributed by atoms with Crippen molar-refractivity contribution < 1.29 is 8.98 Å². The van der Waals surface area contributed by atoms with Crippen LogP contribution in [0.3, 0.4) is 0 Å². The van der Waals surface area contributed by atoms with E-state index in [-0.39, 0.29) is 5.41 Å². The van der Waals surface area contributed by atoms with Gasteiger partial charge in [-0.1, -0.05) is 37.6 Å². The summed E-state index contributed by atoms with van der Waals surface area (Å²) in [4.78, 5) is 0. The average molecular weight is 432 g/mol. The van der Waals surface area contributed by atoms with Crippen molar-refractivity contribution in [2.24, 2.45) is 12.5 Å². The molecule has 2 aromatic heterocycles. The highest BCUT2D eigenvalue weighted by molar-refractivity contribution is 6.13. The van der Waals surface area contributed by atoms with Gasteiger partial charge in [-0.15, -0.1) is 0 Å². The van der Waals surface area contributed by atoms with E-state index in [1.165, 1.54) is 28.7 Å². The molecule has 0 radical (unpaired) electrons. The van der Waals surface area contributed by atoms with Crippen LogP contribution in [-0.2, 0) is 7.05 Å². The minimum absolute atomic E-state index is 0.0880. The molecule has 0 fully saturated rings. The zero-order valence-electron chi connectivity index (χ0n) is 19.6. The Balaban J connectivity index is 1.70. The van der Waals surface area contributed by atoms with Crippen LogP contribution in [0.5, 0.6) is 0 Å². The van der Waals surface area contributed by atoms with Crippen LogP contribution >= 0.6 is 0 Å². The molecule has 0 saturated heterocycles. The summed E-state index contributed by atoms with van der Waals surface area (Å²) in [6, 6.07) is 17.0. The second-order valence-corrected chi connectivity index (χ2v) is 9.95. The van der Waals surface area contributed by atoms with Crippen molar-refractivity contribution in [1.82, 2.24) is 0 Å². The molecule has 6 rings (SSSR count). The van der Waals surface area contributed by atoms with Crippen LogP contribution in [-0.4, -0.2) is 0 Å². The molecule has 0 spiro atoms. The van der Waals surface area contributed by atoms with Gasteiger partial charge in [0, 0.05) is 33.9 Å². The first-order valence-electron chi connectivity index (χ1n) is 11.7. The highest BCUT2D eigenvalue weighted by Gasteiger charge is 2.39. The van der Waals surface area contributed by atoms with Crippen molar-refractivity contribution >= 4 is 27.5 Å². The van der Waals surface area contributed by atoms with Crippen LogP contribution in [0, 0.1) is 23.7 Å². The number of furan rings is 1. The van der Waals surface area contributed by atoms with Gasteiger partial charge in [-0.2, -0.15) is 5.26 Å². The summed E-state index contributed by atoms with van der Waals surface area (Å²) in [6.07, 6.45) is 7.92. The van der Waals surface area contributed by atoms with Gasteiger partial charge in [0.15, 0.2) is 6.20 Å². The first-order valence-corrected chi connectivity index (χ1v) is 11.7. The van der Waals surface area contributed by atoms with Crippen molar-refractivity contribution in [3.05, 3.63) is 82.6 Å². The average Bonchev–Trinajstić information content (AvgIpc) is 3.47. The molecule has 0 N–H and O–H groups in total. The molecule has 2 aliphatic rings. The zero-order chi connectivity index (χ0) is 22.9. The quantitative estimate of drug-likeness (QED) is 0.316. The summed E-state index contributed by atoms with van der Waals surface area (Å²) < 4.78 is 8.88. The minimum atomic E-state index is -0.0880.